The molecule has 134 valence electrons. The zero-order valence-electron chi connectivity index (χ0n) is 14.7. The van der Waals surface area contributed by atoms with E-state index in [9.17, 15) is 4.79 Å². The molecule has 5 heteroatoms. The van der Waals surface area contributed by atoms with Crippen molar-refractivity contribution in [3.63, 3.8) is 0 Å². The third-order valence-corrected chi connectivity index (χ3v) is 6.58. The number of ether oxygens (including phenoxy) is 2. The highest BCUT2D eigenvalue weighted by Gasteiger charge is 2.51. The summed E-state index contributed by atoms with van der Waals surface area (Å²) in [4.78, 5) is 12.8. The number of benzene rings is 1. The molecule has 0 saturated heterocycles. The number of nitrogens with one attached hydrogen (secondary N) is 2. The largest absolute Gasteiger partial charge is 0.454 e. The maximum atomic E-state index is 12.8. The summed E-state index contributed by atoms with van der Waals surface area (Å²) >= 11 is 0. The van der Waals surface area contributed by atoms with E-state index in [0.29, 0.717) is 0 Å². The van der Waals surface area contributed by atoms with Crippen LogP contribution in [0.4, 0.5) is 5.69 Å². The summed E-state index contributed by atoms with van der Waals surface area (Å²) in [6, 6.07) is 5.45. The summed E-state index contributed by atoms with van der Waals surface area (Å²) in [5.74, 6) is 4.12. The Morgan fingerprint density at radius 1 is 1.08 bits per heavy atom. The van der Waals surface area contributed by atoms with E-state index in [1.807, 2.05) is 25.1 Å². The SMILES string of the molecule is C[C@H](Nc1ccc2c(c1)OCO2)C(=O)NC12CC3CC(CC(C3)C1)C2. The minimum Gasteiger partial charge on any atom is -0.454 e. The highest BCUT2D eigenvalue weighted by Crippen LogP contribution is 2.55. The van der Waals surface area contributed by atoms with E-state index in [0.717, 1.165) is 34.9 Å². The monoisotopic (exact) mass is 342 g/mol. The van der Waals surface area contributed by atoms with Gasteiger partial charge in [-0.2, -0.15) is 0 Å². The van der Waals surface area contributed by atoms with Gasteiger partial charge in [0.25, 0.3) is 0 Å². The van der Waals surface area contributed by atoms with Crippen molar-refractivity contribution < 1.29 is 14.3 Å². The number of fused-ring (bicyclic) bond motifs is 1. The van der Waals surface area contributed by atoms with E-state index in [1.165, 1.54) is 38.5 Å². The van der Waals surface area contributed by atoms with Crippen molar-refractivity contribution in [3.8, 4) is 11.5 Å². The van der Waals surface area contributed by atoms with Crippen molar-refractivity contribution in [1.29, 1.82) is 0 Å². The van der Waals surface area contributed by atoms with Crippen molar-refractivity contribution in [2.45, 2.75) is 57.0 Å². The maximum absolute atomic E-state index is 12.8. The Hall–Kier alpha value is -1.91. The highest BCUT2D eigenvalue weighted by molar-refractivity contribution is 5.85. The smallest absolute Gasteiger partial charge is 0.242 e. The first-order valence-electron chi connectivity index (χ1n) is 9.57. The maximum Gasteiger partial charge on any atom is 0.242 e. The van der Waals surface area contributed by atoms with Crippen LogP contribution in [-0.4, -0.2) is 24.3 Å². The first kappa shape index (κ1) is 15.4. The second-order valence-electron chi connectivity index (χ2n) is 8.62. The minimum absolute atomic E-state index is 0.0661. The fraction of sp³-hybridized carbons (Fsp3) is 0.650. The van der Waals surface area contributed by atoms with Crippen LogP contribution in [0.2, 0.25) is 0 Å². The summed E-state index contributed by atoms with van der Waals surface area (Å²) in [5.41, 5.74) is 0.953. The lowest BCUT2D eigenvalue weighted by atomic mass is 9.53. The Bertz CT molecular complexity index is 667. The molecule has 0 aromatic heterocycles. The molecule has 1 atom stereocenters. The first-order valence-corrected chi connectivity index (χ1v) is 9.57. The molecule has 1 aromatic carbocycles. The van der Waals surface area contributed by atoms with Crippen LogP contribution in [-0.2, 0) is 4.79 Å². The Balaban J connectivity index is 1.25. The number of amides is 1. The fourth-order valence-electron chi connectivity index (χ4n) is 5.94. The Morgan fingerprint density at radius 3 is 2.40 bits per heavy atom. The van der Waals surface area contributed by atoms with Crippen LogP contribution < -0.4 is 20.1 Å². The molecule has 5 nitrogen and oxygen atoms in total. The van der Waals surface area contributed by atoms with E-state index in [2.05, 4.69) is 10.6 Å². The summed E-state index contributed by atoms with van der Waals surface area (Å²) in [6.45, 7) is 2.20. The van der Waals surface area contributed by atoms with Gasteiger partial charge < -0.3 is 20.1 Å². The lowest BCUT2D eigenvalue weighted by Gasteiger charge is -2.57. The van der Waals surface area contributed by atoms with Crippen LogP contribution in [0.15, 0.2) is 18.2 Å². The normalized spacial score (nSPS) is 35.5. The average molecular weight is 342 g/mol. The molecule has 4 saturated carbocycles. The van der Waals surface area contributed by atoms with E-state index in [1.54, 1.807) is 0 Å². The van der Waals surface area contributed by atoms with Gasteiger partial charge in [-0.05, 0) is 75.3 Å². The summed E-state index contributed by atoms with van der Waals surface area (Å²) in [5, 5.41) is 6.75. The van der Waals surface area contributed by atoms with E-state index in [4.69, 9.17) is 9.47 Å². The second kappa shape index (κ2) is 5.55. The van der Waals surface area contributed by atoms with Crippen LogP contribution >= 0.6 is 0 Å². The standard InChI is InChI=1S/C20H26N2O3/c1-12(21-16-2-3-17-18(7-16)25-11-24-17)19(23)22-20-8-13-4-14(9-20)6-15(5-13)10-20/h2-3,7,12-15,21H,4-6,8-11H2,1H3,(H,22,23)/t12-,13?,14?,15?,20?/m0/s1. The van der Waals surface area contributed by atoms with Crippen molar-refractivity contribution in [2.24, 2.45) is 17.8 Å². The molecular formula is C20H26N2O3. The Labute approximate surface area is 148 Å². The molecule has 1 amide bonds. The zero-order chi connectivity index (χ0) is 17.0. The lowest BCUT2D eigenvalue weighted by Crippen LogP contribution is -2.61. The zero-order valence-corrected chi connectivity index (χ0v) is 14.7. The summed E-state index contributed by atoms with van der Waals surface area (Å²) in [7, 11) is 0. The van der Waals surface area contributed by atoms with Crippen LogP contribution in [0.1, 0.15) is 45.4 Å². The Morgan fingerprint density at radius 2 is 1.72 bits per heavy atom. The topological polar surface area (TPSA) is 59.6 Å². The van der Waals surface area contributed by atoms with Gasteiger partial charge in [0, 0.05) is 17.3 Å². The molecule has 6 rings (SSSR count). The molecule has 4 fully saturated rings. The van der Waals surface area contributed by atoms with Gasteiger partial charge in [-0.25, -0.2) is 0 Å². The van der Waals surface area contributed by atoms with Crippen LogP contribution in [0.3, 0.4) is 0 Å². The van der Waals surface area contributed by atoms with Gasteiger partial charge in [0.15, 0.2) is 11.5 Å². The van der Waals surface area contributed by atoms with Crippen molar-refractivity contribution in [3.05, 3.63) is 18.2 Å². The molecule has 4 aliphatic carbocycles. The van der Waals surface area contributed by atoms with Gasteiger partial charge in [0.05, 0.1) is 0 Å². The fourth-order valence-corrected chi connectivity index (χ4v) is 5.94. The van der Waals surface area contributed by atoms with Gasteiger partial charge in [-0.3, -0.25) is 4.79 Å². The molecule has 1 aromatic rings. The Kier molecular flexibility index (Phi) is 3.41. The van der Waals surface area contributed by atoms with Crippen molar-refractivity contribution in [1.82, 2.24) is 5.32 Å². The summed E-state index contributed by atoms with van der Waals surface area (Å²) in [6.07, 6.45) is 7.71. The van der Waals surface area contributed by atoms with E-state index < -0.39 is 0 Å². The molecule has 1 aliphatic heterocycles. The predicted molar refractivity (Wildman–Crippen MR) is 94.7 cm³/mol. The number of anilines is 1. The molecule has 4 bridgehead atoms. The lowest BCUT2D eigenvalue weighted by molar-refractivity contribution is -0.127. The second-order valence-corrected chi connectivity index (χ2v) is 8.62. The number of carbonyl (C=O) groups is 1. The number of rotatable bonds is 4. The van der Waals surface area contributed by atoms with Gasteiger partial charge in [0.1, 0.15) is 6.04 Å². The van der Waals surface area contributed by atoms with E-state index >= 15 is 0 Å². The van der Waals surface area contributed by atoms with Crippen LogP contribution in [0, 0.1) is 17.8 Å². The van der Waals surface area contributed by atoms with Gasteiger partial charge in [-0.15, -0.1) is 0 Å². The highest BCUT2D eigenvalue weighted by atomic mass is 16.7. The number of carbonyl (C=O) groups excluding carboxylic acids is 1. The van der Waals surface area contributed by atoms with Gasteiger partial charge in [-0.1, -0.05) is 0 Å². The molecular weight excluding hydrogens is 316 g/mol. The molecule has 0 spiro atoms. The van der Waals surface area contributed by atoms with Crippen LogP contribution in [0.25, 0.3) is 0 Å². The molecule has 0 unspecified atom stereocenters. The third kappa shape index (κ3) is 2.74. The molecule has 25 heavy (non-hydrogen) atoms. The predicted octanol–water partition coefficient (Wildman–Crippen LogP) is 3.30. The van der Waals surface area contributed by atoms with Crippen molar-refractivity contribution in [2.75, 3.05) is 12.1 Å². The quantitative estimate of drug-likeness (QED) is 0.881. The molecule has 0 radical (unpaired) electrons. The number of hydrogen-bond donors (Lipinski definition) is 2. The van der Waals surface area contributed by atoms with Gasteiger partial charge >= 0.3 is 0 Å². The van der Waals surface area contributed by atoms with Crippen molar-refractivity contribution >= 4 is 11.6 Å². The third-order valence-electron chi connectivity index (χ3n) is 6.58. The first-order chi connectivity index (χ1) is 12.1. The molecule has 1 heterocycles. The molecule has 2 N–H and O–H groups in total. The van der Waals surface area contributed by atoms with Crippen LogP contribution in [0.5, 0.6) is 11.5 Å². The average Bonchev–Trinajstić information content (AvgIpc) is 3.00. The summed E-state index contributed by atoms with van der Waals surface area (Å²) < 4.78 is 10.7. The minimum atomic E-state index is -0.270. The van der Waals surface area contributed by atoms with Gasteiger partial charge in [0.2, 0.25) is 12.7 Å². The van der Waals surface area contributed by atoms with E-state index in [-0.39, 0.29) is 24.3 Å². The molecule has 5 aliphatic rings. The number of hydrogen-bond acceptors (Lipinski definition) is 4.